The molecule has 0 radical (unpaired) electrons. The lowest BCUT2D eigenvalue weighted by Crippen LogP contribution is -2.15. The lowest BCUT2D eigenvalue weighted by atomic mass is 10.1. The van der Waals surface area contributed by atoms with E-state index in [0.29, 0.717) is 18.9 Å². The minimum Gasteiger partial charge on any atom is -0.328 e. The van der Waals surface area contributed by atoms with Gasteiger partial charge in [0.2, 0.25) is 0 Å². The van der Waals surface area contributed by atoms with Gasteiger partial charge >= 0.3 is 7.82 Å². The van der Waals surface area contributed by atoms with Gasteiger partial charge in [0.1, 0.15) is 5.82 Å². The molecule has 1 atom stereocenters. The van der Waals surface area contributed by atoms with Crippen molar-refractivity contribution in [1.29, 1.82) is 0 Å². The van der Waals surface area contributed by atoms with Gasteiger partial charge in [0.15, 0.2) is 11.6 Å². The van der Waals surface area contributed by atoms with Crippen LogP contribution in [0.1, 0.15) is 18.9 Å². The van der Waals surface area contributed by atoms with Gasteiger partial charge in [-0.15, -0.1) is 0 Å². The molecule has 19 heavy (non-hydrogen) atoms. The lowest BCUT2D eigenvalue weighted by molar-refractivity contribution is 0.275. The molecule has 1 rings (SSSR count). The van der Waals surface area contributed by atoms with Gasteiger partial charge < -0.3 is 20.4 Å². The normalized spacial score (nSPS) is 12.6. The first kappa shape index (κ1) is 18.1. The van der Waals surface area contributed by atoms with Gasteiger partial charge in [0.05, 0.1) is 0 Å². The zero-order valence-electron chi connectivity index (χ0n) is 10.1. The number of halogens is 3. The highest BCUT2D eigenvalue weighted by Crippen LogP contribution is 2.25. The minimum absolute atomic E-state index is 0.0810. The van der Waals surface area contributed by atoms with E-state index >= 15 is 0 Å². The van der Waals surface area contributed by atoms with Gasteiger partial charge in [-0.25, -0.2) is 17.7 Å². The van der Waals surface area contributed by atoms with Gasteiger partial charge in [-0.1, -0.05) is 0 Å². The molecule has 0 aliphatic rings. The van der Waals surface area contributed by atoms with E-state index in [1.165, 1.54) is 0 Å². The third kappa shape index (κ3) is 9.63. The fraction of sp³-hybridized carbons (Fsp3) is 0.400. The third-order valence-electron chi connectivity index (χ3n) is 1.96. The molecule has 9 heteroatoms. The molecular weight excluding hydrogens is 286 g/mol. The summed E-state index contributed by atoms with van der Waals surface area (Å²) in [4.78, 5) is 21.6. The molecule has 0 aliphatic carbocycles. The third-order valence-corrected chi connectivity index (χ3v) is 1.96. The highest BCUT2D eigenvalue weighted by Gasteiger charge is 2.09. The van der Waals surface area contributed by atoms with Crippen LogP contribution < -0.4 is 5.73 Å². The Morgan fingerprint density at radius 1 is 1.16 bits per heavy atom. The van der Waals surface area contributed by atoms with Crippen molar-refractivity contribution in [2.24, 2.45) is 5.73 Å². The molecular formula is C10H15F3NO4P. The van der Waals surface area contributed by atoms with Crippen molar-refractivity contribution in [2.75, 3.05) is 0 Å². The zero-order valence-corrected chi connectivity index (χ0v) is 10.9. The number of aryl methyl sites for hydroxylation is 1. The summed E-state index contributed by atoms with van der Waals surface area (Å²) >= 11 is 0. The summed E-state index contributed by atoms with van der Waals surface area (Å²) in [6, 6.07) is 1.36. The second-order valence-corrected chi connectivity index (χ2v) is 4.91. The van der Waals surface area contributed by atoms with E-state index in [2.05, 4.69) is 0 Å². The van der Waals surface area contributed by atoms with E-state index < -0.39 is 25.3 Å². The van der Waals surface area contributed by atoms with Crippen LogP contribution in [0.25, 0.3) is 0 Å². The van der Waals surface area contributed by atoms with Crippen LogP contribution in [0.2, 0.25) is 0 Å². The Kier molecular flexibility index (Phi) is 7.25. The standard InChI is InChI=1S/C10H12F3N.H3O4P/c1-6(14)2-3-7-4-9(12)10(13)5-8(7)11;1-5(2,3)4/h4-6H,2-3,14H2,1H3;(H3,1,2,3,4). The van der Waals surface area contributed by atoms with Crippen molar-refractivity contribution in [1.82, 2.24) is 0 Å². The van der Waals surface area contributed by atoms with Crippen molar-refractivity contribution in [3.8, 4) is 0 Å². The highest BCUT2D eigenvalue weighted by atomic mass is 31.2. The molecule has 0 saturated carbocycles. The monoisotopic (exact) mass is 301 g/mol. The topological polar surface area (TPSA) is 104 Å². The maximum Gasteiger partial charge on any atom is 0.466 e. The quantitative estimate of drug-likeness (QED) is 0.500. The second kappa shape index (κ2) is 7.62. The average molecular weight is 301 g/mol. The number of rotatable bonds is 3. The molecule has 0 spiro atoms. The Balaban J connectivity index is 0.000000555. The Morgan fingerprint density at radius 3 is 2.00 bits per heavy atom. The number of phosphoric acid groups is 1. The summed E-state index contributed by atoms with van der Waals surface area (Å²) < 4.78 is 47.1. The van der Waals surface area contributed by atoms with E-state index in [9.17, 15) is 13.2 Å². The summed E-state index contributed by atoms with van der Waals surface area (Å²) in [6.07, 6.45) is 0.864. The summed E-state index contributed by atoms with van der Waals surface area (Å²) in [5.74, 6) is -2.90. The molecule has 0 fully saturated rings. The number of hydrogen-bond donors (Lipinski definition) is 4. The Labute approximate surface area is 108 Å². The van der Waals surface area contributed by atoms with Gasteiger partial charge in [0, 0.05) is 12.1 Å². The number of hydrogen-bond acceptors (Lipinski definition) is 2. The summed E-state index contributed by atoms with van der Waals surface area (Å²) in [5, 5.41) is 0. The number of nitrogens with two attached hydrogens (primary N) is 1. The van der Waals surface area contributed by atoms with Crippen molar-refractivity contribution < 1.29 is 32.4 Å². The average Bonchev–Trinajstić information content (AvgIpc) is 2.19. The van der Waals surface area contributed by atoms with E-state index in [-0.39, 0.29) is 11.6 Å². The first-order valence-electron chi connectivity index (χ1n) is 5.18. The summed E-state index contributed by atoms with van der Waals surface area (Å²) in [7, 11) is -4.64. The first-order chi connectivity index (χ1) is 8.50. The van der Waals surface area contributed by atoms with Crippen LogP contribution in [0.4, 0.5) is 13.2 Å². The van der Waals surface area contributed by atoms with E-state index in [1.54, 1.807) is 6.92 Å². The molecule has 1 aromatic carbocycles. The predicted molar refractivity (Wildman–Crippen MR) is 62.5 cm³/mol. The van der Waals surface area contributed by atoms with Crippen molar-refractivity contribution in [3.63, 3.8) is 0 Å². The molecule has 5 nitrogen and oxygen atoms in total. The SMILES string of the molecule is CC(N)CCc1cc(F)c(F)cc1F.O=P(O)(O)O. The van der Waals surface area contributed by atoms with Crippen molar-refractivity contribution in [2.45, 2.75) is 25.8 Å². The maximum absolute atomic E-state index is 13.0. The molecule has 1 unspecified atom stereocenters. The van der Waals surface area contributed by atoms with Gasteiger partial charge in [-0.05, 0) is 31.4 Å². The molecule has 0 amide bonds. The molecule has 0 aromatic heterocycles. The van der Waals surface area contributed by atoms with Crippen LogP contribution >= 0.6 is 7.82 Å². The molecule has 0 bridgehead atoms. The first-order valence-corrected chi connectivity index (χ1v) is 6.74. The van der Waals surface area contributed by atoms with Crippen LogP contribution in [-0.4, -0.2) is 20.7 Å². The van der Waals surface area contributed by atoms with E-state index in [1.807, 2.05) is 0 Å². The Morgan fingerprint density at radius 2 is 1.58 bits per heavy atom. The maximum atomic E-state index is 13.0. The second-order valence-electron chi connectivity index (χ2n) is 3.89. The van der Waals surface area contributed by atoms with E-state index in [0.717, 1.165) is 6.07 Å². The van der Waals surface area contributed by atoms with Gasteiger partial charge in [0.25, 0.3) is 0 Å². The molecule has 0 saturated heterocycles. The van der Waals surface area contributed by atoms with Gasteiger partial charge in [-0.3, -0.25) is 0 Å². The fourth-order valence-corrected chi connectivity index (χ4v) is 1.14. The van der Waals surface area contributed by atoms with Crippen molar-refractivity contribution in [3.05, 3.63) is 35.1 Å². The van der Waals surface area contributed by atoms with Crippen molar-refractivity contribution >= 4 is 7.82 Å². The van der Waals surface area contributed by atoms with Crippen LogP contribution in [0.15, 0.2) is 12.1 Å². The number of benzene rings is 1. The highest BCUT2D eigenvalue weighted by molar-refractivity contribution is 7.45. The van der Waals surface area contributed by atoms with Crippen LogP contribution in [0.5, 0.6) is 0 Å². The van der Waals surface area contributed by atoms with Crippen LogP contribution in [0.3, 0.4) is 0 Å². The minimum atomic E-state index is -4.64. The fourth-order valence-electron chi connectivity index (χ4n) is 1.14. The smallest absolute Gasteiger partial charge is 0.328 e. The molecule has 1 aromatic rings. The molecule has 5 N–H and O–H groups in total. The van der Waals surface area contributed by atoms with Gasteiger partial charge in [-0.2, -0.15) is 0 Å². The zero-order chi connectivity index (χ0) is 15.2. The summed E-state index contributed by atoms with van der Waals surface area (Å²) in [6.45, 7) is 1.78. The molecule has 110 valence electrons. The largest absolute Gasteiger partial charge is 0.466 e. The Bertz CT molecular complexity index is 456. The summed E-state index contributed by atoms with van der Waals surface area (Å²) in [5.41, 5.74) is 5.64. The Hall–Kier alpha value is -0.920. The van der Waals surface area contributed by atoms with Crippen LogP contribution in [0, 0.1) is 17.5 Å². The lowest BCUT2D eigenvalue weighted by Gasteiger charge is -2.06. The van der Waals surface area contributed by atoms with E-state index in [4.69, 9.17) is 25.0 Å². The predicted octanol–water partition coefficient (Wildman–Crippen LogP) is 1.46. The molecule has 0 heterocycles. The molecule has 0 aliphatic heterocycles. The van der Waals surface area contributed by atoms with Crippen LogP contribution in [-0.2, 0) is 11.0 Å².